The number of carbonyl (C=O) groups is 3. The number of ether oxygens (including phenoxy) is 2. The predicted molar refractivity (Wildman–Crippen MR) is 170 cm³/mol. The van der Waals surface area contributed by atoms with Gasteiger partial charge in [-0.3, -0.25) is 24.4 Å². The number of hydrogen-bond donors (Lipinski definition) is 2. The number of likely N-dealkylation sites (N-methyl/N-ethyl adjacent to an activating group) is 1. The summed E-state index contributed by atoms with van der Waals surface area (Å²) in [6, 6.07) is 11.1. The summed E-state index contributed by atoms with van der Waals surface area (Å²) < 4.78 is 12.6. The molecule has 240 valence electrons. The lowest BCUT2D eigenvalue weighted by Crippen LogP contribution is -2.48. The molecule has 0 radical (unpaired) electrons. The maximum atomic E-state index is 14.3. The van der Waals surface area contributed by atoms with Gasteiger partial charge in [0.05, 0.1) is 30.4 Å². The fourth-order valence-electron chi connectivity index (χ4n) is 5.24. The van der Waals surface area contributed by atoms with Crippen molar-refractivity contribution in [2.75, 3.05) is 38.7 Å². The Balaban J connectivity index is 1.63. The van der Waals surface area contributed by atoms with E-state index in [0.717, 1.165) is 19.3 Å². The van der Waals surface area contributed by atoms with Crippen LogP contribution in [-0.2, 0) is 4.74 Å². The highest BCUT2D eigenvalue weighted by atomic mass is 16.5. The van der Waals surface area contributed by atoms with E-state index < -0.39 is 6.04 Å². The van der Waals surface area contributed by atoms with Gasteiger partial charge in [0.2, 0.25) is 0 Å². The first-order valence-electron chi connectivity index (χ1n) is 15.4. The highest BCUT2D eigenvalue weighted by molar-refractivity contribution is 6.05. The minimum Gasteiger partial charge on any atom is -0.490 e. The van der Waals surface area contributed by atoms with Crippen molar-refractivity contribution in [1.82, 2.24) is 19.8 Å². The summed E-state index contributed by atoms with van der Waals surface area (Å²) in [5, 5.41) is 13.0. The zero-order valence-electron chi connectivity index (χ0n) is 26.4. The lowest BCUT2D eigenvalue weighted by atomic mass is 10.0. The van der Waals surface area contributed by atoms with Crippen LogP contribution in [0.25, 0.3) is 0 Å². The number of anilines is 1. The second kappa shape index (κ2) is 16.1. The first-order chi connectivity index (χ1) is 21.7. The van der Waals surface area contributed by atoms with E-state index in [4.69, 9.17) is 9.47 Å². The van der Waals surface area contributed by atoms with Gasteiger partial charge < -0.3 is 29.7 Å². The van der Waals surface area contributed by atoms with E-state index in [1.165, 1.54) is 12.4 Å². The molecule has 1 aromatic carbocycles. The number of amides is 3. The van der Waals surface area contributed by atoms with Gasteiger partial charge in [0.15, 0.2) is 0 Å². The van der Waals surface area contributed by atoms with Crippen LogP contribution < -0.4 is 10.1 Å². The molecule has 0 bridgehead atoms. The molecule has 11 heteroatoms. The number of aliphatic hydroxyl groups is 1. The summed E-state index contributed by atoms with van der Waals surface area (Å²) in [7, 11) is 1.74. The van der Waals surface area contributed by atoms with Gasteiger partial charge >= 0.3 is 0 Å². The van der Waals surface area contributed by atoms with E-state index in [1.54, 1.807) is 78.6 Å². The molecule has 1 aliphatic heterocycles. The lowest BCUT2D eigenvalue weighted by molar-refractivity contribution is -0.0149. The smallest absolute Gasteiger partial charge is 0.258 e. The molecule has 0 aliphatic carbocycles. The Morgan fingerprint density at radius 3 is 2.38 bits per heavy atom. The van der Waals surface area contributed by atoms with Crippen LogP contribution >= 0.6 is 0 Å². The monoisotopic (exact) mass is 617 g/mol. The van der Waals surface area contributed by atoms with Gasteiger partial charge in [-0.15, -0.1) is 0 Å². The summed E-state index contributed by atoms with van der Waals surface area (Å²) >= 11 is 0. The molecule has 0 unspecified atom stereocenters. The number of nitrogens with zero attached hydrogens (tertiary/aromatic N) is 4. The third kappa shape index (κ3) is 9.09. The van der Waals surface area contributed by atoms with Crippen molar-refractivity contribution in [2.45, 2.75) is 58.3 Å². The van der Waals surface area contributed by atoms with E-state index >= 15 is 0 Å². The molecular weight excluding hydrogens is 574 g/mol. The Bertz CT molecular complexity index is 1420. The molecule has 1 aliphatic rings. The highest BCUT2D eigenvalue weighted by Crippen LogP contribution is 2.29. The molecular formula is C34H43N5O6. The molecule has 0 spiro atoms. The molecule has 4 atom stereocenters. The van der Waals surface area contributed by atoms with Crippen LogP contribution in [0.4, 0.5) is 5.69 Å². The SMILES string of the molecule is C[C@H]1CCCCO[C@H](CN(C)C(=O)c2ccncc2)[C@@H](C)CN([C@@H](C)CO)C(=O)c2cc(NC(=O)c3ccncc3)ccc2O1. The van der Waals surface area contributed by atoms with Gasteiger partial charge in [0.25, 0.3) is 17.7 Å². The van der Waals surface area contributed by atoms with Crippen molar-refractivity contribution in [3.63, 3.8) is 0 Å². The predicted octanol–water partition coefficient (Wildman–Crippen LogP) is 4.30. The van der Waals surface area contributed by atoms with Gasteiger partial charge in [-0.05, 0) is 75.6 Å². The molecule has 0 saturated heterocycles. The Kier molecular flexibility index (Phi) is 12.0. The standard InChI is InChI=1S/C34H43N5O6/c1-23-20-39(24(2)22-40)34(43)29-19-28(37-32(41)26-10-14-35-15-11-26)8-9-30(29)45-25(3)7-5-6-18-44-31(23)21-38(4)33(42)27-12-16-36-17-13-27/h8-17,19,23-25,31,40H,5-7,18,20-22H2,1-4H3,(H,37,41)/t23-,24-,25-,31+/m0/s1. The molecule has 2 aromatic heterocycles. The first-order valence-corrected chi connectivity index (χ1v) is 15.4. The van der Waals surface area contributed by atoms with Crippen molar-refractivity contribution in [3.05, 3.63) is 83.9 Å². The van der Waals surface area contributed by atoms with Crippen LogP contribution in [0, 0.1) is 5.92 Å². The Morgan fingerprint density at radius 2 is 1.71 bits per heavy atom. The quantitative estimate of drug-likeness (QED) is 0.401. The van der Waals surface area contributed by atoms with Crippen molar-refractivity contribution in [2.24, 2.45) is 5.92 Å². The maximum Gasteiger partial charge on any atom is 0.258 e. The third-order valence-electron chi connectivity index (χ3n) is 7.98. The minimum absolute atomic E-state index is 0.148. The fraction of sp³-hybridized carbons (Fsp3) is 0.441. The number of carbonyl (C=O) groups excluding carboxylic acids is 3. The fourth-order valence-corrected chi connectivity index (χ4v) is 5.24. The molecule has 0 fully saturated rings. The van der Waals surface area contributed by atoms with Crippen LogP contribution in [0.15, 0.2) is 67.3 Å². The van der Waals surface area contributed by atoms with E-state index in [-0.39, 0.29) is 54.6 Å². The Hall–Kier alpha value is -4.35. The topological polar surface area (TPSA) is 134 Å². The average Bonchev–Trinajstić information content (AvgIpc) is 3.06. The van der Waals surface area contributed by atoms with E-state index in [2.05, 4.69) is 15.3 Å². The minimum atomic E-state index is -0.523. The number of aliphatic hydroxyl groups excluding tert-OH is 1. The van der Waals surface area contributed by atoms with Crippen LogP contribution in [0.1, 0.15) is 71.1 Å². The molecule has 4 rings (SSSR count). The number of pyridine rings is 2. The summed E-state index contributed by atoms with van der Waals surface area (Å²) in [5.74, 6) is -0.617. The van der Waals surface area contributed by atoms with E-state index in [1.807, 2.05) is 13.8 Å². The molecule has 3 aromatic rings. The maximum absolute atomic E-state index is 14.3. The first kappa shape index (κ1) is 33.5. The van der Waals surface area contributed by atoms with Crippen molar-refractivity contribution < 1.29 is 29.0 Å². The summed E-state index contributed by atoms with van der Waals surface area (Å²) in [5.41, 5.74) is 1.68. The van der Waals surface area contributed by atoms with Crippen LogP contribution in [0.2, 0.25) is 0 Å². The number of rotatable bonds is 7. The van der Waals surface area contributed by atoms with Crippen molar-refractivity contribution >= 4 is 23.4 Å². The molecule has 3 amide bonds. The van der Waals surface area contributed by atoms with Crippen LogP contribution in [-0.4, -0.2) is 94.2 Å². The van der Waals surface area contributed by atoms with E-state index in [9.17, 15) is 19.5 Å². The second-order valence-corrected chi connectivity index (χ2v) is 11.6. The molecule has 11 nitrogen and oxygen atoms in total. The Morgan fingerprint density at radius 1 is 1.04 bits per heavy atom. The van der Waals surface area contributed by atoms with Gasteiger partial charge in [-0.1, -0.05) is 6.92 Å². The molecule has 0 saturated carbocycles. The van der Waals surface area contributed by atoms with Gasteiger partial charge in [0.1, 0.15) is 5.75 Å². The van der Waals surface area contributed by atoms with E-state index in [0.29, 0.717) is 35.7 Å². The highest BCUT2D eigenvalue weighted by Gasteiger charge is 2.31. The largest absolute Gasteiger partial charge is 0.490 e. The lowest BCUT2D eigenvalue weighted by Gasteiger charge is -2.36. The molecule has 2 N–H and O–H groups in total. The third-order valence-corrected chi connectivity index (χ3v) is 7.98. The number of hydrogen-bond acceptors (Lipinski definition) is 8. The Labute approximate surface area is 264 Å². The summed E-state index contributed by atoms with van der Waals surface area (Å²) in [6.45, 7) is 6.54. The van der Waals surface area contributed by atoms with Crippen molar-refractivity contribution in [1.29, 1.82) is 0 Å². The number of benzene rings is 1. The normalized spacial score (nSPS) is 20.2. The summed E-state index contributed by atoms with van der Waals surface area (Å²) in [6.07, 6.45) is 8.09. The van der Waals surface area contributed by atoms with Gasteiger partial charge in [0, 0.05) is 74.3 Å². The second-order valence-electron chi connectivity index (χ2n) is 11.6. The number of nitrogens with one attached hydrogen (secondary N) is 1. The summed E-state index contributed by atoms with van der Waals surface area (Å²) in [4.78, 5) is 51.5. The van der Waals surface area contributed by atoms with Crippen LogP contribution in [0.5, 0.6) is 5.75 Å². The zero-order chi connectivity index (χ0) is 32.3. The van der Waals surface area contributed by atoms with Gasteiger partial charge in [-0.2, -0.15) is 0 Å². The zero-order valence-corrected chi connectivity index (χ0v) is 26.4. The van der Waals surface area contributed by atoms with Gasteiger partial charge in [-0.25, -0.2) is 0 Å². The number of fused-ring (bicyclic) bond motifs is 1. The number of aromatic nitrogens is 2. The molecule has 45 heavy (non-hydrogen) atoms. The van der Waals surface area contributed by atoms with Crippen molar-refractivity contribution in [3.8, 4) is 5.75 Å². The average molecular weight is 618 g/mol. The van der Waals surface area contributed by atoms with Crippen LogP contribution in [0.3, 0.4) is 0 Å². The molecule has 3 heterocycles.